The van der Waals surface area contributed by atoms with Crippen LogP contribution in [0.5, 0.6) is 0 Å². The number of halogens is 1. The monoisotopic (exact) mass is 198 g/mol. The molecule has 2 bridgehead atoms. The van der Waals surface area contributed by atoms with Crippen molar-refractivity contribution in [2.75, 3.05) is 0 Å². The number of hydrogen-bond donors (Lipinski definition) is 0. The molecule has 3 saturated carbocycles. The largest absolute Gasteiger partial charge is 0.281 e. The van der Waals surface area contributed by atoms with Crippen molar-refractivity contribution < 1.29 is 4.79 Å². The number of carbonyl (C=O) groups excluding carboxylic acids is 1. The maximum atomic E-state index is 11.2. The molecule has 0 aromatic heterocycles. The van der Waals surface area contributed by atoms with Crippen LogP contribution in [-0.2, 0) is 4.79 Å². The van der Waals surface area contributed by atoms with E-state index in [-0.39, 0.29) is 11.2 Å². The molecule has 1 nitrogen and oxygen atoms in total. The Kier molecular flexibility index (Phi) is 1.74. The summed E-state index contributed by atoms with van der Waals surface area (Å²) >= 11 is 5.63. The lowest BCUT2D eigenvalue weighted by molar-refractivity contribution is -0.117. The molecule has 0 radical (unpaired) electrons. The molecule has 0 N–H and O–H groups in total. The van der Waals surface area contributed by atoms with Crippen LogP contribution < -0.4 is 0 Å². The lowest BCUT2D eigenvalue weighted by Crippen LogP contribution is -2.27. The predicted molar refractivity (Wildman–Crippen MR) is 51.4 cm³/mol. The van der Waals surface area contributed by atoms with Gasteiger partial charge in [-0.25, -0.2) is 0 Å². The second-order valence-corrected chi connectivity index (χ2v) is 5.44. The number of hydrogen-bond acceptors (Lipinski definition) is 1. The van der Waals surface area contributed by atoms with Gasteiger partial charge < -0.3 is 0 Å². The van der Waals surface area contributed by atoms with E-state index in [4.69, 9.17) is 11.6 Å². The highest BCUT2D eigenvalue weighted by atomic mass is 35.5. The van der Waals surface area contributed by atoms with E-state index in [1.165, 1.54) is 25.7 Å². The van der Waals surface area contributed by atoms with E-state index in [2.05, 4.69) is 0 Å². The summed E-state index contributed by atoms with van der Waals surface area (Å²) in [5.74, 6) is 3.59. The number of carbonyl (C=O) groups is 1. The average Bonchev–Trinajstić information content (AvgIpc) is 2.75. The third kappa shape index (κ3) is 1.03. The zero-order chi connectivity index (χ0) is 9.00. The van der Waals surface area contributed by atoms with Crippen LogP contribution in [-0.4, -0.2) is 5.24 Å². The lowest BCUT2D eigenvalue weighted by Gasteiger charge is -2.29. The van der Waals surface area contributed by atoms with Gasteiger partial charge in [-0.3, -0.25) is 4.79 Å². The standard InChI is InChI=1S/C11H15ClO/c12-11(13)10-5-6-4-9(10)8-3-1-2-7(6)8/h6-10H,1-5H2. The van der Waals surface area contributed by atoms with Crippen LogP contribution in [0, 0.1) is 29.6 Å². The van der Waals surface area contributed by atoms with Crippen LogP contribution in [0.25, 0.3) is 0 Å². The first-order valence-electron chi connectivity index (χ1n) is 5.46. The first-order chi connectivity index (χ1) is 6.27. The van der Waals surface area contributed by atoms with Crippen molar-refractivity contribution in [2.45, 2.75) is 32.1 Å². The summed E-state index contributed by atoms with van der Waals surface area (Å²) in [5.41, 5.74) is 0. The van der Waals surface area contributed by atoms with Crippen LogP contribution in [0.2, 0.25) is 0 Å². The molecule has 0 aromatic carbocycles. The van der Waals surface area contributed by atoms with Gasteiger partial charge >= 0.3 is 0 Å². The Hall–Kier alpha value is -0.0400. The summed E-state index contributed by atoms with van der Waals surface area (Å²) < 4.78 is 0. The third-order valence-corrected chi connectivity index (χ3v) is 5.00. The van der Waals surface area contributed by atoms with Crippen LogP contribution in [0.15, 0.2) is 0 Å². The predicted octanol–water partition coefficient (Wildman–Crippen LogP) is 2.82. The molecule has 2 heteroatoms. The molecular formula is C11H15ClO. The highest BCUT2D eigenvalue weighted by molar-refractivity contribution is 6.64. The van der Waals surface area contributed by atoms with Crippen LogP contribution in [0.3, 0.4) is 0 Å². The van der Waals surface area contributed by atoms with Crippen molar-refractivity contribution in [3.8, 4) is 0 Å². The van der Waals surface area contributed by atoms with E-state index in [0.29, 0.717) is 5.92 Å². The van der Waals surface area contributed by atoms with Gasteiger partial charge in [-0.2, -0.15) is 0 Å². The van der Waals surface area contributed by atoms with Gasteiger partial charge in [0.05, 0.1) is 0 Å². The fourth-order valence-electron chi connectivity index (χ4n) is 4.33. The molecule has 5 unspecified atom stereocenters. The summed E-state index contributed by atoms with van der Waals surface area (Å²) in [5, 5.41) is -0.0575. The fourth-order valence-corrected chi connectivity index (χ4v) is 4.58. The summed E-state index contributed by atoms with van der Waals surface area (Å²) in [6.07, 6.45) is 6.60. The van der Waals surface area contributed by atoms with Crippen molar-refractivity contribution in [1.29, 1.82) is 0 Å². The van der Waals surface area contributed by atoms with E-state index >= 15 is 0 Å². The maximum absolute atomic E-state index is 11.2. The van der Waals surface area contributed by atoms with Crippen molar-refractivity contribution >= 4 is 16.8 Å². The zero-order valence-electron chi connectivity index (χ0n) is 7.71. The second-order valence-electron chi connectivity index (χ2n) is 5.06. The Morgan fingerprint density at radius 1 is 1.08 bits per heavy atom. The summed E-state index contributed by atoms with van der Waals surface area (Å²) in [6.45, 7) is 0. The summed E-state index contributed by atoms with van der Waals surface area (Å²) in [6, 6.07) is 0. The minimum atomic E-state index is -0.0575. The minimum absolute atomic E-state index is 0.0575. The van der Waals surface area contributed by atoms with Crippen molar-refractivity contribution in [3.05, 3.63) is 0 Å². The normalized spacial score (nSPS) is 52.5. The van der Waals surface area contributed by atoms with E-state index in [0.717, 1.165) is 24.2 Å². The van der Waals surface area contributed by atoms with Gasteiger partial charge in [-0.05, 0) is 61.0 Å². The van der Waals surface area contributed by atoms with Gasteiger partial charge in [-0.1, -0.05) is 6.42 Å². The molecule has 0 saturated heterocycles. The Labute approximate surface area is 83.8 Å². The summed E-state index contributed by atoms with van der Waals surface area (Å²) in [7, 11) is 0. The Bertz CT molecular complexity index is 250. The molecule has 0 aromatic rings. The number of fused-ring (bicyclic) bond motifs is 5. The van der Waals surface area contributed by atoms with Crippen LogP contribution >= 0.6 is 11.6 Å². The van der Waals surface area contributed by atoms with E-state index < -0.39 is 0 Å². The maximum Gasteiger partial charge on any atom is 0.225 e. The highest BCUT2D eigenvalue weighted by Crippen LogP contribution is 2.61. The fraction of sp³-hybridized carbons (Fsp3) is 0.909. The molecule has 3 aliphatic rings. The van der Waals surface area contributed by atoms with Crippen LogP contribution in [0.4, 0.5) is 0 Å². The van der Waals surface area contributed by atoms with Gasteiger partial charge in [-0.15, -0.1) is 0 Å². The third-order valence-electron chi connectivity index (χ3n) is 4.72. The molecule has 3 aliphatic carbocycles. The van der Waals surface area contributed by atoms with E-state index in [1.54, 1.807) is 0 Å². The second kappa shape index (κ2) is 2.73. The first-order valence-corrected chi connectivity index (χ1v) is 5.84. The molecule has 0 spiro atoms. The van der Waals surface area contributed by atoms with Crippen LogP contribution in [0.1, 0.15) is 32.1 Å². The van der Waals surface area contributed by atoms with E-state index in [9.17, 15) is 4.79 Å². The quantitative estimate of drug-likeness (QED) is 0.593. The van der Waals surface area contributed by atoms with Gasteiger partial charge in [0.15, 0.2) is 0 Å². The Balaban J connectivity index is 1.85. The molecule has 72 valence electrons. The molecule has 5 atom stereocenters. The van der Waals surface area contributed by atoms with Gasteiger partial charge in [0.1, 0.15) is 0 Å². The smallest absolute Gasteiger partial charge is 0.225 e. The molecule has 13 heavy (non-hydrogen) atoms. The molecule has 3 fully saturated rings. The lowest BCUT2D eigenvalue weighted by atomic mass is 9.76. The molecule has 3 rings (SSSR count). The van der Waals surface area contributed by atoms with Gasteiger partial charge in [0.2, 0.25) is 5.24 Å². The van der Waals surface area contributed by atoms with Crippen molar-refractivity contribution in [3.63, 3.8) is 0 Å². The average molecular weight is 199 g/mol. The summed E-state index contributed by atoms with van der Waals surface area (Å²) in [4.78, 5) is 11.2. The number of rotatable bonds is 1. The van der Waals surface area contributed by atoms with Crippen molar-refractivity contribution in [1.82, 2.24) is 0 Å². The minimum Gasteiger partial charge on any atom is -0.281 e. The molecular weight excluding hydrogens is 184 g/mol. The van der Waals surface area contributed by atoms with Gasteiger partial charge in [0.25, 0.3) is 0 Å². The molecule has 0 aliphatic heterocycles. The van der Waals surface area contributed by atoms with Gasteiger partial charge in [0, 0.05) is 5.92 Å². The topological polar surface area (TPSA) is 17.1 Å². The Morgan fingerprint density at radius 2 is 1.85 bits per heavy atom. The SMILES string of the molecule is O=C(Cl)C1CC2CC1C1CCCC21. The van der Waals surface area contributed by atoms with E-state index in [1.807, 2.05) is 0 Å². The zero-order valence-corrected chi connectivity index (χ0v) is 8.46. The molecule has 0 amide bonds. The highest BCUT2D eigenvalue weighted by Gasteiger charge is 2.55. The first kappa shape index (κ1) is 8.28. The van der Waals surface area contributed by atoms with Crippen molar-refractivity contribution in [2.24, 2.45) is 29.6 Å². The Morgan fingerprint density at radius 3 is 2.62 bits per heavy atom. The molecule has 0 heterocycles.